The topological polar surface area (TPSA) is 0 Å². The summed E-state index contributed by atoms with van der Waals surface area (Å²) in [6.07, 6.45) is 10.5. The Kier molecular flexibility index (Phi) is 1.48. The smallest absolute Gasteiger partial charge is 0.0210 e. The van der Waals surface area contributed by atoms with Gasteiger partial charge >= 0.3 is 0 Å². The lowest BCUT2D eigenvalue weighted by Gasteiger charge is -2.30. The molecule has 2 saturated carbocycles. The molecule has 0 aromatic rings. The second-order valence-electron chi connectivity index (χ2n) is 3.49. The van der Waals surface area contributed by atoms with Gasteiger partial charge in [-0.05, 0) is 37.5 Å². The third kappa shape index (κ3) is 0.997. The van der Waals surface area contributed by atoms with E-state index in [0.717, 1.165) is 5.92 Å². The van der Waals surface area contributed by atoms with Crippen molar-refractivity contribution < 1.29 is 0 Å². The van der Waals surface area contributed by atoms with Crippen LogP contribution in [0.1, 0.15) is 44.9 Å². The minimum absolute atomic E-state index is 1.09. The maximum atomic E-state index is 1.92. The van der Waals surface area contributed by atoms with Gasteiger partial charge in [-0.25, -0.2) is 0 Å². The average molecular weight is 123 g/mol. The third-order valence-corrected chi connectivity index (χ3v) is 2.93. The molecule has 51 valence electrons. The highest BCUT2D eigenvalue weighted by Gasteiger charge is 2.29. The highest BCUT2D eigenvalue weighted by molar-refractivity contribution is 5.02. The van der Waals surface area contributed by atoms with Crippen molar-refractivity contribution in [3.63, 3.8) is 0 Å². The van der Waals surface area contributed by atoms with Gasteiger partial charge in [-0.1, -0.05) is 19.3 Å². The van der Waals surface area contributed by atoms with Crippen molar-refractivity contribution in [1.82, 2.24) is 0 Å². The minimum Gasteiger partial charge on any atom is -0.0527 e. The SMILES string of the molecule is C1CC[C](C2CCC2)C1. The molecule has 0 amide bonds. The van der Waals surface area contributed by atoms with Crippen molar-refractivity contribution in [2.24, 2.45) is 5.92 Å². The number of hydrogen-bond donors (Lipinski definition) is 0. The lowest BCUT2D eigenvalue weighted by molar-refractivity contribution is 0.320. The molecule has 2 aliphatic rings. The molecule has 2 aliphatic carbocycles. The van der Waals surface area contributed by atoms with Gasteiger partial charge in [-0.2, -0.15) is 0 Å². The third-order valence-electron chi connectivity index (χ3n) is 2.93. The molecule has 0 heteroatoms. The Morgan fingerprint density at radius 3 is 2.00 bits per heavy atom. The van der Waals surface area contributed by atoms with Crippen LogP contribution < -0.4 is 0 Å². The summed E-state index contributed by atoms with van der Waals surface area (Å²) in [4.78, 5) is 0. The first-order chi connectivity index (χ1) is 4.47. The summed E-state index contributed by atoms with van der Waals surface area (Å²) in [6, 6.07) is 0. The highest BCUT2D eigenvalue weighted by atomic mass is 14.3. The van der Waals surface area contributed by atoms with Crippen LogP contribution in [-0.2, 0) is 0 Å². The molecule has 2 rings (SSSR count). The van der Waals surface area contributed by atoms with Gasteiger partial charge in [0.05, 0.1) is 0 Å². The average Bonchev–Trinajstić information content (AvgIpc) is 2.11. The lowest BCUT2D eigenvalue weighted by Crippen LogP contribution is -2.17. The first-order valence-electron chi connectivity index (χ1n) is 4.31. The van der Waals surface area contributed by atoms with Crippen LogP contribution in [0.5, 0.6) is 0 Å². The molecule has 0 nitrogen and oxygen atoms in total. The van der Waals surface area contributed by atoms with Crippen LogP contribution >= 0.6 is 0 Å². The van der Waals surface area contributed by atoms with Crippen molar-refractivity contribution >= 4 is 0 Å². The van der Waals surface area contributed by atoms with Gasteiger partial charge in [-0.15, -0.1) is 0 Å². The van der Waals surface area contributed by atoms with E-state index in [2.05, 4.69) is 0 Å². The normalized spacial score (nSPS) is 30.7. The molecule has 9 heavy (non-hydrogen) atoms. The minimum atomic E-state index is 1.09. The number of rotatable bonds is 1. The van der Waals surface area contributed by atoms with E-state index in [-0.39, 0.29) is 0 Å². The molecule has 2 fully saturated rings. The van der Waals surface area contributed by atoms with E-state index in [9.17, 15) is 0 Å². The largest absolute Gasteiger partial charge is 0.0527 e. The number of hydrogen-bond acceptors (Lipinski definition) is 0. The van der Waals surface area contributed by atoms with Gasteiger partial charge in [0, 0.05) is 0 Å². The molecule has 0 aliphatic heterocycles. The predicted molar refractivity (Wildman–Crippen MR) is 39.1 cm³/mol. The molecule has 0 atom stereocenters. The zero-order chi connectivity index (χ0) is 6.10. The van der Waals surface area contributed by atoms with E-state index in [4.69, 9.17) is 0 Å². The maximum absolute atomic E-state index is 1.92. The zero-order valence-corrected chi connectivity index (χ0v) is 6.03. The van der Waals surface area contributed by atoms with E-state index in [1.165, 1.54) is 44.9 Å². The van der Waals surface area contributed by atoms with Crippen molar-refractivity contribution in [3.8, 4) is 0 Å². The summed E-state index contributed by atoms with van der Waals surface area (Å²) < 4.78 is 0. The zero-order valence-electron chi connectivity index (χ0n) is 6.03. The quantitative estimate of drug-likeness (QED) is 0.503. The molecule has 0 aromatic heterocycles. The Morgan fingerprint density at radius 1 is 0.889 bits per heavy atom. The molecular formula is C9H15. The van der Waals surface area contributed by atoms with Crippen molar-refractivity contribution in [2.45, 2.75) is 44.9 Å². The molecule has 0 spiro atoms. The van der Waals surface area contributed by atoms with E-state index < -0.39 is 0 Å². The fraction of sp³-hybridized carbons (Fsp3) is 0.889. The van der Waals surface area contributed by atoms with Gasteiger partial charge in [0.2, 0.25) is 0 Å². The predicted octanol–water partition coefficient (Wildman–Crippen LogP) is 2.93. The van der Waals surface area contributed by atoms with E-state index in [1.54, 1.807) is 0 Å². The van der Waals surface area contributed by atoms with Gasteiger partial charge in [0.1, 0.15) is 0 Å². The second kappa shape index (κ2) is 2.32. The second-order valence-corrected chi connectivity index (χ2v) is 3.49. The molecule has 0 aromatic carbocycles. The van der Waals surface area contributed by atoms with Gasteiger partial charge in [0.15, 0.2) is 0 Å². The monoisotopic (exact) mass is 123 g/mol. The fourth-order valence-electron chi connectivity index (χ4n) is 2.05. The lowest BCUT2D eigenvalue weighted by atomic mass is 9.75. The van der Waals surface area contributed by atoms with Crippen molar-refractivity contribution in [2.75, 3.05) is 0 Å². The molecule has 0 unspecified atom stereocenters. The van der Waals surface area contributed by atoms with Crippen LogP contribution in [0, 0.1) is 11.8 Å². The summed E-state index contributed by atoms with van der Waals surface area (Å²) in [7, 11) is 0. The summed E-state index contributed by atoms with van der Waals surface area (Å²) in [5, 5.41) is 0. The van der Waals surface area contributed by atoms with E-state index in [0.29, 0.717) is 0 Å². The fourth-order valence-corrected chi connectivity index (χ4v) is 2.05. The van der Waals surface area contributed by atoms with Crippen LogP contribution in [0.25, 0.3) is 0 Å². The van der Waals surface area contributed by atoms with Crippen LogP contribution in [0.2, 0.25) is 0 Å². The Balaban J connectivity index is 1.82. The first-order valence-corrected chi connectivity index (χ1v) is 4.31. The molecular weight excluding hydrogens is 108 g/mol. The van der Waals surface area contributed by atoms with Crippen LogP contribution in [0.3, 0.4) is 0 Å². The van der Waals surface area contributed by atoms with E-state index in [1.807, 2.05) is 5.92 Å². The van der Waals surface area contributed by atoms with Gasteiger partial charge < -0.3 is 0 Å². The highest BCUT2D eigenvalue weighted by Crippen LogP contribution is 2.43. The van der Waals surface area contributed by atoms with Crippen molar-refractivity contribution in [3.05, 3.63) is 5.92 Å². The van der Waals surface area contributed by atoms with Gasteiger partial charge in [0.25, 0.3) is 0 Å². The Bertz CT molecular complexity index is 86.2. The maximum Gasteiger partial charge on any atom is -0.0210 e. The summed E-state index contributed by atoms with van der Waals surface area (Å²) in [5.74, 6) is 3.01. The summed E-state index contributed by atoms with van der Waals surface area (Å²) in [5.41, 5.74) is 0. The van der Waals surface area contributed by atoms with Crippen LogP contribution in [-0.4, -0.2) is 0 Å². The molecule has 0 saturated heterocycles. The first kappa shape index (κ1) is 5.76. The van der Waals surface area contributed by atoms with Crippen molar-refractivity contribution in [1.29, 1.82) is 0 Å². The Morgan fingerprint density at radius 2 is 1.56 bits per heavy atom. The molecule has 0 N–H and O–H groups in total. The Labute approximate surface area is 57.6 Å². The molecule has 0 bridgehead atoms. The standard InChI is InChI=1S/C9H15/c1-2-5-8(4-1)9-6-3-7-9/h9H,1-7H2. The Hall–Kier alpha value is 0. The van der Waals surface area contributed by atoms with Crippen LogP contribution in [0.15, 0.2) is 0 Å². The van der Waals surface area contributed by atoms with Crippen LogP contribution in [0.4, 0.5) is 0 Å². The van der Waals surface area contributed by atoms with Gasteiger partial charge in [-0.3, -0.25) is 0 Å². The molecule has 0 heterocycles. The van der Waals surface area contributed by atoms with E-state index >= 15 is 0 Å². The summed E-state index contributed by atoms with van der Waals surface area (Å²) in [6.45, 7) is 0. The summed E-state index contributed by atoms with van der Waals surface area (Å²) >= 11 is 0. The molecule has 1 radical (unpaired) electrons.